The minimum absolute atomic E-state index is 0. The van der Waals surface area contributed by atoms with Gasteiger partial charge in [-0.3, -0.25) is 4.79 Å². The van der Waals surface area contributed by atoms with Crippen molar-refractivity contribution in [2.24, 2.45) is 0 Å². The van der Waals surface area contributed by atoms with Gasteiger partial charge in [-0.15, -0.1) is 0 Å². The minimum Gasteiger partial charge on any atom is -1.00 e. The Kier molecular flexibility index (Phi) is 6.08. The van der Waals surface area contributed by atoms with E-state index in [0.29, 0.717) is 0 Å². The number of nitrogens with zero attached hydrogens (tertiary/aromatic N) is 1. The van der Waals surface area contributed by atoms with Crippen molar-refractivity contribution in [2.45, 2.75) is 13.5 Å². The topological polar surface area (TPSA) is 29.5 Å². The van der Waals surface area contributed by atoms with Gasteiger partial charge in [-0.05, 0) is 39.2 Å². The Balaban J connectivity index is 0.00000225. The third-order valence-corrected chi connectivity index (χ3v) is 2.17. The van der Waals surface area contributed by atoms with Crippen molar-refractivity contribution in [1.29, 1.82) is 0 Å². The number of ether oxygens (including phenoxy) is 1. The van der Waals surface area contributed by atoms with Gasteiger partial charge < -0.3 is 22.0 Å². The molecule has 0 aromatic heterocycles. The average Bonchev–Trinajstić information content (AvgIpc) is 2.16. The molecule has 1 aromatic rings. The maximum atomic E-state index is 11.2. The summed E-state index contributed by atoms with van der Waals surface area (Å²) in [5.41, 5.74) is 1.77. The molecule has 0 spiro atoms. The Morgan fingerprint density at radius 3 is 2.44 bits per heavy atom. The first kappa shape index (κ1) is 14.9. The summed E-state index contributed by atoms with van der Waals surface area (Å²) >= 11 is 0. The van der Waals surface area contributed by atoms with Crippen molar-refractivity contribution in [3.05, 3.63) is 29.3 Å². The summed E-state index contributed by atoms with van der Waals surface area (Å²) in [5, 5.41) is 0. The molecule has 0 heterocycles. The molecule has 1 rings (SSSR count). The monoisotopic (exact) mass is 242 g/mol. The number of hydrogen-bond acceptors (Lipinski definition) is 3. The van der Waals surface area contributed by atoms with Crippen molar-refractivity contribution in [1.82, 2.24) is 4.90 Å². The molecule has 0 N–H and O–H groups in total. The van der Waals surface area contributed by atoms with E-state index in [2.05, 4.69) is 0 Å². The molecule has 0 aliphatic rings. The van der Waals surface area contributed by atoms with E-state index in [-0.39, 0.29) is 18.2 Å². The summed E-state index contributed by atoms with van der Waals surface area (Å²) in [6.07, 6.45) is 0. The average molecular weight is 243 g/mol. The predicted octanol–water partition coefficient (Wildman–Crippen LogP) is -1.04. The number of ketones is 1. The molecular weight excluding hydrogens is 226 g/mol. The van der Waals surface area contributed by atoms with Crippen LogP contribution in [0.4, 0.5) is 0 Å². The maximum Gasteiger partial charge on any atom is 0.159 e. The van der Waals surface area contributed by atoms with E-state index in [1.54, 1.807) is 20.1 Å². The van der Waals surface area contributed by atoms with Crippen LogP contribution in [0.3, 0.4) is 0 Å². The van der Waals surface area contributed by atoms with Crippen molar-refractivity contribution in [2.75, 3.05) is 21.2 Å². The zero-order valence-electron chi connectivity index (χ0n) is 10.1. The summed E-state index contributed by atoms with van der Waals surface area (Å²) in [5.74, 6) is 0.909. The molecule has 3 nitrogen and oxygen atoms in total. The molecule has 0 atom stereocenters. The molecular formula is C12H17ClNO2-. The van der Waals surface area contributed by atoms with E-state index in [0.717, 1.165) is 23.4 Å². The van der Waals surface area contributed by atoms with Gasteiger partial charge in [-0.25, -0.2) is 0 Å². The Morgan fingerprint density at radius 1 is 1.38 bits per heavy atom. The van der Waals surface area contributed by atoms with E-state index in [9.17, 15) is 4.79 Å². The fourth-order valence-corrected chi connectivity index (χ4v) is 1.46. The first-order chi connectivity index (χ1) is 7.04. The van der Waals surface area contributed by atoms with E-state index in [1.165, 1.54) is 0 Å². The van der Waals surface area contributed by atoms with Gasteiger partial charge in [-0.1, -0.05) is 0 Å². The lowest BCUT2D eigenvalue weighted by Crippen LogP contribution is -3.00. The van der Waals surface area contributed by atoms with Crippen LogP contribution >= 0.6 is 0 Å². The summed E-state index contributed by atoms with van der Waals surface area (Å²) in [4.78, 5) is 13.3. The lowest BCUT2D eigenvalue weighted by molar-refractivity contribution is -0.0000116. The van der Waals surface area contributed by atoms with Crippen LogP contribution in [0.2, 0.25) is 0 Å². The van der Waals surface area contributed by atoms with Crippen LogP contribution in [0.1, 0.15) is 22.8 Å². The van der Waals surface area contributed by atoms with Crippen LogP contribution < -0.4 is 17.1 Å². The van der Waals surface area contributed by atoms with Crippen molar-refractivity contribution >= 4 is 5.78 Å². The summed E-state index contributed by atoms with van der Waals surface area (Å²) in [6, 6.07) is 5.52. The van der Waals surface area contributed by atoms with Crippen LogP contribution in [-0.4, -0.2) is 31.9 Å². The highest BCUT2D eigenvalue weighted by molar-refractivity contribution is 5.94. The van der Waals surface area contributed by atoms with Gasteiger partial charge in [0, 0.05) is 17.7 Å². The summed E-state index contributed by atoms with van der Waals surface area (Å²) in [6.45, 7) is 2.34. The normalized spacial score (nSPS) is 9.81. The van der Waals surface area contributed by atoms with Crippen LogP contribution in [0, 0.1) is 0 Å². The van der Waals surface area contributed by atoms with Gasteiger partial charge in [0.25, 0.3) is 0 Å². The summed E-state index contributed by atoms with van der Waals surface area (Å²) < 4.78 is 5.24. The molecule has 1 aromatic carbocycles. The standard InChI is InChI=1S/C12H17NO2.ClH/c1-9(14)10-5-6-12(15-4)11(7-10)8-13(2)3;/h5-7H,8H2,1-4H3;1H/p-1. The van der Waals surface area contributed by atoms with Crippen molar-refractivity contribution in [3.63, 3.8) is 0 Å². The van der Waals surface area contributed by atoms with Crippen LogP contribution in [0.15, 0.2) is 18.2 Å². The molecule has 16 heavy (non-hydrogen) atoms. The van der Waals surface area contributed by atoms with Crippen LogP contribution in [-0.2, 0) is 6.54 Å². The fourth-order valence-electron chi connectivity index (χ4n) is 1.46. The second-order valence-electron chi connectivity index (χ2n) is 3.82. The van der Waals surface area contributed by atoms with Crippen molar-refractivity contribution < 1.29 is 21.9 Å². The first-order valence-corrected chi connectivity index (χ1v) is 4.87. The van der Waals surface area contributed by atoms with Crippen LogP contribution in [0.5, 0.6) is 5.75 Å². The quantitative estimate of drug-likeness (QED) is 0.632. The van der Waals surface area contributed by atoms with E-state index in [1.807, 2.05) is 31.1 Å². The molecule has 0 unspecified atom stereocenters. The molecule has 0 saturated heterocycles. The van der Waals surface area contributed by atoms with E-state index in [4.69, 9.17) is 4.74 Å². The highest BCUT2D eigenvalue weighted by Gasteiger charge is 2.07. The highest BCUT2D eigenvalue weighted by Crippen LogP contribution is 2.21. The van der Waals surface area contributed by atoms with E-state index < -0.39 is 0 Å². The van der Waals surface area contributed by atoms with Gasteiger partial charge >= 0.3 is 0 Å². The highest BCUT2D eigenvalue weighted by atomic mass is 35.5. The molecule has 0 bridgehead atoms. The molecule has 0 fully saturated rings. The number of rotatable bonds is 4. The van der Waals surface area contributed by atoms with E-state index >= 15 is 0 Å². The second kappa shape index (κ2) is 6.51. The SMILES string of the molecule is COc1ccc(C(C)=O)cc1CN(C)C.[Cl-]. The molecule has 0 saturated carbocycles. The molecule has 0 amide bonds. The van der Waals surface area contributed by atoms with Crippen molar-refractivity contribution in [3.8, 4) is 5.75 Å². The molecule has 0 aliphatic heterocycles. The van der Waals surface area contributed by atoms with Gasteiger partial charge in [0.15, 0.2) is 5.78 Å². The molecule has 0 aliphatic carbocycles. The fraction of sp³-hybridized carbons (Fsp3) is 0.417. The molecule has 0 radical (unpaired) electrons. The maximum absolute atomic E-state index is 11.2. The Labute approximate surface area is 103 Å². The Hall–Kier alpha value is -1.06. The zero-order chi connectivity index (χ0) is 11.4. The molecule has 4 heteroatoms. The van der Waals surface area contributed by atoms with Crippen LogP contribution in [0.25, 0.3) is 0 Å². The lowest BCUT2D eigenvalue weighted by Gasteiger charge is -2.14. The molecule has 90 valence electrons. The Bertz CT molecular complexity index is 364. The smallest absolute Gasteiger partial charge is 0.159 e. The first-order valence-electron chi connectivity index (χ1n) is 4.87. The number of hydrogen-bond donors (Lipinski definition) is 0. The minimum atomic E-state index is 0. The Morgan fingerprint density at radius 2 is 2.00 bits per heavy atom. The number of halogens is 1. The van der Waals surface area contributed by atoms with Gasteiger partial charge in [0.1, 0.15) is 5.75 Å². The predicted molar refractivity (Wildman–Crippen MR) is 60.4 cm³/mol. The zero-order valence-corrected chi connectivity index (χ0v) is 10.8. The van der Waals surface area contributed by atoms with Gasteiger partial charge in [-0.2, -0.15) is 0 Å². The number of carbonyl (C=O) groups is 1. The summed E-state index contributed by atoms with van der Waals surface area (Å²) in [7, 11) is 5.61. The number of carbonyl (C=O) groups excluding carboxylic acids is 1. The van der Waals surface area contributed by atoms with Gasteiger partial charge in [0.2, 0.25) is 0 Å². The second-order valence-corrected chi connectivity index (χ2v) is 3.82. The number of benzene rings is 1. The number of Topliss-reactive ketones (excluding diaryl/α,β-unsaturated/α-hetero) is 1. The largest absolute Gasteiger partial charge is 1.00 e. The van der Waals surface area contributed by atoms with Gasteiger partial charge in [0.05, 0.1) is 7.11 Å². The third-order valence-electron chi connectivity index (χ3n) is 2.17. The number of methoxy groups -OCH3 is 1. The third kappa shape index (κ3) is 3.83. The lowest BCUT2D eigenvalue weighted by atomic mass is 10.1.